The van der Waals surface area contributed by atoms with Crippen LogP contribution in [0.2, 0.25) is 0 Å². The average Bonchev–Trinajstić information content (AvgIpc) is 2.97. The molecular formula is C16H11BrN2O2. The number of carbonyl (C=O) groups is 1. The summed E-state index contributed by atoms with van der Waals surface area (Å²) in [5, 5.41) is 3.91. The lowest BCUT2D eigenvalue weighted by molar-refractivity contribution is 0.0983. The van der Waals surface area contributed by atoms with E-state index in [1.807, 2.05) is 42.5 Å². The Morgan fingerprint density at radius 1 is 1.05 bits per heavy atom. The summed E-state index contributed by atoms with van der Waals surface area (Å²) in [7, 11) is 0. The SMILES string of the molecule is O=C(Cc1nc(-c2ccc(Br)cc2)no1)c1ccccc1. The Bertz CT molecular complexity index is 751. The fraction of sp³-hybridized carbons (Fsp3) is 0.0625. The van der Waals surface area contributed by atoms with Crippen LogP contribution in [0.3, 0.4) is 0 Å². The third-order valence-corrected chi connectivity index (χ3v) is 3.51. The van der Waals surface area contributed by atoms with Gasteiger partial charge in [0.1, 0.15) is 0 Å². The molecule has 21 heavy (non-hydrogen) atoms. The zero-order valence-corrected chi connectivity index (χ0v) is 12.6. The first kappa shape index (κ1) is 13.7. The van der Waals surface area contributed by atoms with E-state index in [1.165, 1.54) is 0 Å². The van der Waals surface area contributed by atoms with Crippen LogP contribution in [0.15, 0.2) is 63.6 Å². The second kappa shape index (κ2) is 6.01. The first-order chi connectivity index (χ1) is 10.2. The molecule has 1 heterocycles. The minimum absolute atomic E-state index is 0.0402. The second-order valence-electron chi connectivity index (χ2n) is 4.48. The average molecular weight is 343 g/mol. The highest BCUT2D eigenvalue weighted by Crippen LogP contribution is 2.19. The highest BCUT2D eigenvalue weighted by molar-refractivity contribution is 9.10. The van der Waals surface area contributed by atoms with E-state index < -0.39 is 0 Å². The maximum absolute atomic E-state index is 12.1. The highest BCUT2D eigenvalue weighted by atomic mass is 79.9. The molecule has 0 N–H and O–H groups in total. The van der Waals surface area contributed by atoms with Crippen molar-refractivity contribution in [2.45, 2.75) is 6.42 Å². The van der Waals surface area contributed by atoms with E-state index in [0.29, 0.717) is 17.3 Å². The molecule has 1 aromatic heterocycles. The summed E-state index contributed by atoms with van der Waals surface area (Å²) in [4.78, 5) is 16.3. The van der Waals surface area contributed by atoms with Crippen LogP contribution < -0.4 is 0 Å². The number of benzene rings is 2. The lowest BCUT2D eigenvalue weighted by atomic mass is 10.1. The molecule has 3 rings (SSSR count). The highest BCUT2D eigenvalue weighted by Gasteiger charge is 2.13. The van der Waals surface area contributed by atoms with Gasteiger partial charge in [0, 0.05) is 15.6 Å². The summed E-state index contributed by atoms with van der Waals surface area (Å²) in [6.45, 7) is 0. The minimum Gasteiger partial charge on any atom is -0.338 e. The predicted octanol–water partition coefficient (Wildman–Crippen LogP) is 3.92. The van der Waals surface area contributed by atoms with Gasteiger partial charge in [-0.3, -0.25) is 4.79 Å². The molecule has 0 aliphatic heterocycles. The minimum atomic E-state index is -0.0402. The lowest BCUT2D eigenvalue weighted by Gasteiger charge is -1.96. The normalized spacial score (nSPS) is 10.5. The maximum Gasteiger partial charge on any atom is 0.234 e. The Hall–Kier alpha value is -2.27. The third-order valence-electron chi connectivity index (χ3n) is 2.98. The van der Waals surface area contributed by atoms with Crippen LogP contribution in [-0.2, 0) is 6.42 Å². The van der Waals surface area contributed by atoms with Gasteiger partial charge in [-0.25, -0.2) is 0 Å². The van der Waals surface area contributed by atoms with Crippen molar-refractivity contribution in [3.05, 3.63) is 70.5 Å². The van der Waals surface area contributed by atoms with Gasteiger partial charge in [0.25, 0.3) is 0 Å². The predicted molar refractivity (Wildman–Crippen MR) is 81.9 cm³/mol. The molecule has 0 amide bonds. The van der Waals surface area contributed by atoms with Crippen molar-refractivity contribution in [2.24, 2.45) is 0 Å². The zero-order valence-electron chi connectivity index (χ0n) is 11.0. The summed E-state index contributed by atoms with van der Waals surface area (Å²) in [5.41, 5.74) is 1.49. The van der Waals surface area contributed by atoms with Gasteiger partial charge in [0.15, 0.2) is 5.78 Å². The van der Waals surface area contributed by atoms with Crippen LogP contribution in [-0.4, -0.2) is 15.9 Å². The number of hydrogen-bond acceptors (Lipinski definition) is 4. The van der Waals surface area contributed by atoms with Crippen molar-refractivity contribution in [1.29, 1.82) is 0 Å². The molecule has 4 nitrogen and oxygen atoms in total. The molecular weight excluding hydrogens is 332 g/mol. The summed E-state index contributed by atoms with van der Waals surface area (Å²) >= 11 is 3.37. The summed E-state index contributed by atoms with van der Waals surface area (Å²) in [6, 6.07) is 16.6. The third kappa shape index (κ3) is 3.25. The molecule has 0 bridgehead atoms. The summed E-state index contributed by atoms with van der Waals surface area (Å²) in [5.74, 6) is 0.765. The topological polar surface area (TPSA) is 56.0 Å². The van der Waals surface area contributed by atoms with Crippen LogP contribution >= 0.6 is 15.9 Å². The van der Waals surface area contributed by atoms with Gasteiger partial charge in [0.2, 0.25) is 11.7 Å². The van der Waals surface area contributed by atoms with Crippen LogP contribution in [0.25, 0.3) is 11.4 Å². The molecule has 0 aliphatic carbocycles. The molecule has 0 aliphatic rings. The fourth-order valence-corrected chi connectivity index (χ4v) is 2.17. The van der Waals surface area contributed by atoms with Gasteiger partial charge in [0.05, 0.1) is 6.42 Å². The van der Waals surface area contributed by atoms with Gasteiger partial charge in [-0.2, -0.15) is 4.98 Å². The maximum atomic E-state index is 12.1. The van der Waals surface area contributed by atoms with E-state index >= 15 is 0 Å². The van der Waals surface area contributed by atoms with Crippen molar-refractivity contribution in [2.75, 3.05) is 0 Å². The second-order valence-corrected chi connectivity index (χ2v) is 5.40. The number of hydrogen-bond donors (Lipinski definition) is 0. The number of halogens is 1. The molecule has 5 heteroatoms. The van der Waals surface area contributed by atoms with Crippen LogP contribution in [0.5, 0.6) is 0 Å². The van der Waals surface area contributed by atoms with E-state index in [-0.39, 0.29) is 12.2 Å². The van der Waals surface area contributed by atoms with E-state index in [4.69, 9.17) is 4.52 Å². The molecule has 0 radical (unpaired) electrons. The first-order valence-corrected chi connectivity index (χ1v) is 7.18. The molecule has 0 atom stereocenters. The van der Waals surface area contributed by atoms with Crippen molar-refractivity contribution in [1.82, 2.24) is 10.1 Å². The van der Waals surface area contributed by atoms with E-state index in [1.54, 1.807) is 12.1 Å². The molecule has 0 saturated heterocycles. The first-order valence-electron chi connectivity index (χ1n) is 6.39. The van der Waals surface area contributed by atoms with Gasteiger partial charge >= 0.3 is 0 Å². The summed E-state index contributed by atoms with van der Waals surface area (Å²) in [6.07, 6.45) is 0.105. The van der Waals surface area contributed by atoms with E-state index in [0.717, 1.165) is 10.0 Å². The Kier molecular flexibility index (Phi) is 3.92. The standard InChI is InChI=1S/C16H11BrN2O2/c17-13-8-6-12(7-9-13)16-18-15(21-19-16)10-14(20)11-4-2-1-3-5-11/h1-9H,10H2. The number of aromatic nitrogens is 2. The molecule has 0 unspecified atom stereocenters. The zero-order chi connectivity index (χ0) is 14.7. The van der Waals surface area contributed by atoms with Crippen molar-refractivity contribution in [3.63, 3.8) is 0 Å². The monoisotopic (exact) mass is 342 g/mol. The Morgan fingerprint density at radius 2 is 1.76 bits per heavy atom. The Balaban J connectivity index is 1.76. The van der Waals surface area contributed by atoms with Crippen molar-refractivity contribution >= 4 is 21.7 Å². The van der Waals surface area contributed by atoms with Gasteiger partial charge in [-0.1, -0.05) is 51.4 Å². The largest absolute Gasteiger partial charge is 0.338 e. The van der Waals surface area contributed by atoms with Crippen LogP contribution in [0.1, 0.15) is 16.2 Å². The number of Topliss-reactive ketones (excluding diaryl/α,β-unsaturated/α-hetero) is 1. The molecule has 2 aromatic carbocycles. The lowest BCUT2D eigenvalue weighted by Crippen LogP contribution is -2.03. The number of ketones is 1. The van der Waals surface area contributed by atoms with Crippen LogP contribution in [0.4, 0.5) is 0 Å². The van der Waals surface area contributed by atoms with E-state index in [2.05, 4.69) is 26.1 Å². The molecule has 3 aromatic rings. The Labute approximate surface area is 129 Å². The molecule has 104 valence electrons. The summed E-state index contributed by atoms with van der Waals surface area (Å²) < 4.78 is 6.13. The van der Waals surface area contributed by atoms with Crippen LogP contribution in [0, 0.1) is 0 Å². The molecule has 0 fully saturated rings. The fourth-order valence-electron chi connectivity index (χ4n) is 1.91. The smallest absolute Gasteiger partial charge is 0.234 e. The number of carbonyl (C=O) groups excluding carboxylic acids is 1. The molecule has 0 spiro atoms. The van der Waals surface area contributed by atoms with Gasteiger partial charge in [-0.15, -0.1) is 0 Å². The number of rotatable bonds is 4. The quantitative estimate of drug-likeness (QED) is 0.674. The number of nitrogens with zero attached hydrogens (tertiary/aromatic N) is 2. The Morgan fingerprint density at radius 3 is 2.48 bits per heavy atom. The van der Waals surface area contributed by atoms with Crippen molar-refractivity contribution < 1.29 is 9.32 Å². The van der Waals surface area contributed by atoms with Crippen molar-refractivity contribution in [3.8, 4) is 11.4 Å². The molecule has 0 saturated carbocycles. The van der Waals surface area contributed by atoms with Gasteiger partial charge < -0.3 is 4.52 Å². The van der Waals surface area contributed by atoms with E-state index in [9.17, 15) is 4.79 Å². The van der Waals surface area contributed by atoms with Gasteiger partial charge in [-0.05, 0) is 24.3 Å².